The van der Waals surface area contributed by atoms with Crippen LogP contribution in [0.1, 0.15) is 33.4 Å². The third-order valence-corrected chi connectivity index (χ3v) is 6.53. The molecule has 4 nitrogen and oxygen atoms in total. The molecule has 0 amide bonds. The second-order valence-electron chi connectivity index (χ2n) is 8.34. The summed E-state index contributed by atoms with van der Waals surface area (Å²) in [5, 5.41) is 18.2. The Kier molecular flexibility index (Phi) is 9.21. The molecule has 0 saturated heterocycles. The molecule has 2 N–H and O–H groups in total. The molecule has 4 aromatic rings. The zero-order valence-corrected chi connectivity index (χ0v) is 22.1. The Morgan fingerprint density at radius 2 is 1.06 bits per heavy atom. The maximum Gasteiger partial charge on any atom is 0.137 e. The Balaban J connectivity index is 0.000000287. The van der Waals surface area contributed by atoms with E-state index in [0.29, 0.717) is 13.2 Å². The van der Waals surface area contributed by atoms with Crippen molar-refractivity contribution in [3.8, 4) is 23.0 Å². The summed E-state index contributed by atoms with van der Waals surface area (Å²) in [5.74, 6) is 2.21. The first-order valence-electron chi connectivity index (χ1n) is 11.4. The van der Waals surface area contributed by atoms with E-state index in [2.05, 4.69) is 54.0 Å². The van der Waals surface area contributed by atoms with Crippen molar-refractivity contribution in [2.24, 2.45) is 0 Å². The van der Waals surface area contributed by atoms with Gasteiger partial charge in [0.05, 0.1) is 4.47 Å². The van der Waals surface area contributed by atoms with Crippen molar-refractivity contribution in [2.45, 2.75) is 40.9 Å². The summed E-state index contributed by atoms with van der Waals surface area (Å²) >= 11 is 3.63. The minimum Gasteiger partial charge on any atom is -0.508 e. The van der Waals surface area contributed by atoms with Crippen LogP contribution in [-0.2, 0) is 13.2 Å². The molecule has 0 fully saturated rings. The van der Waals surface area contributed by atoms with Crippen LogP contribution in [0.25, 0.3) is 0 Å². The predicted octanol–water partition coefficient (Wildman–Crippen LogP) is 7.94. The number of benzene rings is 4. The lowest BCUT2D eigenvalue weighted by atomic mass is 10.1. The minimum atomic E-state index is 0.232. The molecule has 0 aromatic heterocycles. The van der Waals surface area contributed by atoms with E-state index < -0.39 is 0 Å². The predicted molar refractivity (Wildman–Crippen MR) is 144 cm³/mol. The van der Waals surface area contributed by atoms with Crippen LogP contribution in [0.3, 0.4) is 0 Å². The average Bonchev–Trinajstić information content (AvgIpc) is 2.88. The second kappa shape index (κ2) is 12.3. The summed E-state index contributed by atoms with van der Waals surface area (Å²) in [6, 6.07) is 25.3. The largest absolute Gasteiger partial charge is 0.508 e. The molecule has 0 aliphatic heterocycles. The third kappa shape index (κ3) is 7.03. The molecule has 4 aromatic carbocycles. The molecule has 5 heteroatoms. The molecule has 0 atom stereocenters. The van der Waals surface area contributed by atoms with Crippen LogP contribution in [0.2, 0.25) is 0 Å². The minimum absolute atomic E-state index is 0.232. The van der Waals surface area contributed by atoms with Gasteiger partial charge in [-0.05, 0) is 95.2 Å². The second-order valence-corrected chi connectivity index (χ2v) is 9.19. The van der Waals surface area contributed by atoms with Gasteiger partial charge >= 0.3 is 0 Å². The number of phenols is 2. The zero-order valence-electron chi connectivity index (χ0n) is 20.5. The average molecular weight is 535 g/mol. The van der Waals surface area contributed by atoms with Gasteiger partial charge in [-0.1, -0.05) is 60.7 Å². The van der Waals surface area contributed by atoms with E-state index in [0.717, 1.165) is 49.4 Å². The standard InChI is InChI=1S/C22H21BrO2.C8H10O2/c1-16-17(2)22(25-15-19-11-7-4-8-12-19)20(23)13-21(16)24-14-18-9-5-3-6-10-18;1-5-6(2)8(10)4-3-7(5)9/h3-13H,14-15H2,1-2H3;3-4,9-10H,1-2H3. The maximum atomic E-state index is 9.11. The summed E-state index contributed by atoms with van der Waals surface area (Å²) in [4.78, 5) is 0. The van der Waals surface area contributed by atoms with Crippen LogP contribution in [0.4, 0.5) is 0 Å². The van der Waals surface area contributed by atoms with E-state index in [4.69, 9.17) is 19.7 Å². The fourth-order valence-electron chi connectivity index (χ4n) is 3.41. The van der Waals surface area contributed by atoms with Crippen LogP contribution in [0.5, 0.6) is 23.0 Å². The first-order chi connectivity index (χ1) is 16.8. The summed E-state index contributed by atoms with van der Waals surface area (Å²) in [6.07, 6.45) is 0. The fraction of sp³-hybridized carbons (Fsp3) is 0.200. The van der Waals surface area contributed by atoms with Gasteiger partial charge in [0.1, 0.15) is 36.2 Å². The third-order valence-electron chi connectivity index (χ3n) is 5.94. The molecule has 0 aliphatic carbocycles. The lowest BCUT2D eigenvalue weighted by Crippen LogP contribution is -2.02. The van der Waals surface area contributed by atoms with E-state index in [1.807, 2.05) is 42.5 Å². The van der Waals surface area contributed by atoms with Gasteiger partial charge in [0, 0.05) is 0 Å². The molecule has 0 saturated carbocycles. The highest BCUT2D eigenvalue weighted by molar-refractivity contribution is 9.10. The number of ether oxygens (including phenoxy) is 2. The Bertz CT molecular complexity index is 1230. The van der Waals surface area contributed by atoms with E-state index in [1.54, 1.807) is 13.8 Å². The number of rotatable bonds is 6. The SMILES string of the molecule is Cc1c(O)ccc(O)c1C.Cc1c(OCc2ccccc2)cc(Br)c(OCc2ccccc2)c1C. The van der Waals surface area contributed by atoms with Gasteiger partial charge in [0.25, 0.3) is 0 Å². The van der Waals surface area contributed by atoms with Crippen LogP contribution in [0.15, 0.2) is 83.3 Å². The number of phenolic OH excluding ortho intramolecular Hbond substituents is 2. The molecule has 0 aliphatic rings. The van der Waals surface area contributed by atoms with Crippen molar-refractivity contribution in [1.29, 1.82) is 0 Å². The van der Waals surface area contributed by atoms with Crippen LogP contribution in [-0.4, -0.2) is 10.2 Å². The summed E-state index contributed by atoms with van der Waals surface area (Å²) in [7, 11) is 0. The Morgan fingerprint density at radius 1 is 0.600 bits per heavy atom. The normalized spacial score (nSPS) is 10.3. The lowest BCUT2D eigenvalue weighted by molar-refractivity contribution is 0.292. The van der Waals surface area contributed by atoms with Crippen molar-refractivity contribution in [3.63, 3.8) is 0 Å². The number of aromatic hydroxyl groups is 2. The first-order valence-corrected chi connectivity index (χ1v) is 12.2. The van der Waals surface area contributed by atoms with Gasteiger partial charge in [-0.2, -0.15) is 0 Å². The van der Waals surface area contributed by atoms with Crippen LogP contribution >= 0.6 is 15.9 Å². The van der Waals surface area contributed by atoms with Crippen molar-refractivity contribution in [1.82, 2.24) is 0 Å². The molecule has 35 heavy (non-hydrogen) atoms. The van der Waals surface area contributed by atoms with Gasteiger partial charge in [-0.15, -0.1) is 0 Å². The zero-order chi connectivity index (χ0) is 25.4. The van der Waals surface area contributed by atoms with Crippen molar-refractivity contribution in [2.75, 3.05) is 0 Å². The molecule has 0 radical (unpaired) electrons. The maximum absolute atomic E-state index is 9.11. The monoisotopic (exact) mass is 534 g/mol. The van der Waals surface area contributed by atoms with E-state index in [1.165, 1.54) is 12.1 Å². The molecule has 4 rings (SSSR count). The highest BCUT2D eigenvalue weighted by Gasteiger charge is 2.14. The molecule has 182 valence electrons. The summed E-state index contributed by atoms with van der Waals surface area (Å²) in [6.45, 7) is 8.77. The molecule has 0 bridgehead atoms. The molecular weight excluding hydrogens is 504 g/mol. The number of hydrogen-bond donors (Lipinski definition) is 2. The Hall–Kier alpha value is -3.44. The van der Waals surface area contributed by atoms with Crippen molar-refractivity contribution in [3.05, 3.63) is 117 Å². The number of hydrogen-bond acceptors (Lipinski definition) is 4. The highest BCUT2D eigenvalue weighted by Crippen LogP contribution is 2.37. The van der Waals surface area contributed by atoms with Gasteiger partial charge in [-0.25, -0.2) is 0 Å². The van der Waals surface area contributed by atoms with Gasteiger partial charge < -0.3 is 19.7 Å². The van der Waals surface area contributed by atoms with Crippen molar-refractivity contribution >= 4 is 15.9 Å². The Labute approximate surface area is 215 Å². The summed E-state index contributed by atoms with van der Waals surface area (Å²) < 4.78 is 13.0. The van der Waals surface area contributed by atoms with Gasteiger partial charge in [0.15, 0.2) is 0 Å². The van der Waals surface area contributed by atoms with Gasteiger partial charge in [-0.3, -0.25) is 0 Å². The Morgan fingerprint density at radius 3 is 1.54 bits per heavy atom. The van der Waals surface area contributed by atoms with Gasteiger partial charge in [0.2, 0.25) is 0 Å². The molecule has 0 spiro atoms. The van der Waals surface area contributed by atoms with E-state index in [9.17, 15) is 0 Å². The highest BCUT2D eigenvalue weighted by atomic mass is 79.9. The smallest absolute Gasteiger partial charge is 0.137 e. The summed E-state index contributed by atoms with van der Waals surface area (Å²) in [5.41, 5.74) is 5.96. The van der Waals surface area contributed by atoms with Crippen molar-refractivity contribution < 1.29 is 19.7 Å². The lowest BCUT2D eigenvalue weighted by Gasteiger charge is -2.17. The molecule has 0 heterocycles. The van der Waals surface area contributed by atoms with E-state index >= 15 is 0 Å². The molecule has 0 unspecified atom stereocenters. The van der Waals surface area contributed by atoms with E-state index in [-0.39, 0.29) is 11.5 Å². The van der Waals surface area contributed by atoms with Crippen LogP contribution in [0, 0.1) is 27.7 Å². The number of halogens is 1. The fourth-order valence-corrected chi connectivity index (χ4v) is 4.03. The first kappa shape index (κ1) is 26.2. The topological polar surface area (TPSA) is 58.9 Å². The molecular formula is C30H31BrO4. The van der Waals surface area contributed by atoms with Crippen LogP contribution < -0.4 is 9.47 Å². The quantitative estimate of drug-likeness (QED) is 0.246.